The molecule has 0 atom stereocenters. The molecule has 0 spiro atoms. The molecule has 0 radical (unpaired) electrons. The van der Waals surface area contributed by atoms with Crippen molar-refractivity contribution in [1.29, 1.82) is 0 Å². The molecule has 34 heavy (non-hydrogen) atoms. The van der Waals surface area contributed by atoms with Gasteiger partial charge in [0, 0.05) is 18.0 Å². The Balaban J connectivity index is 1.67. The third kappa shape index (κ3) is 7.21. The topological polar surface area (TPSA) is 87.2 Å². The van der Waals surface area contributed by atoms with Gasteiger partial charge < -0.3 is 23.8 Å². The molecule has 0 saturated carbocycles. The molecule has 0 unspecified atom stereocenters. The van der Waals surface area contributed by atoms with Crippen molar-refractivity contribution < 1.29 is 28.5 Å². The Hall–Kier alpha value is -3.59. The van der Waals surface area contributed by atoms with Gasteiger partial charge in [-0.25, -0.2) is 4.98 Å². The fourth-order valence-electron chi connectivity index (χ4n) is 3.17. The first kappa shape index (κ1) is 25.0. The molecule has 0 fully saturated rings. The maximum absolute atomic E-state index is 13.1. The number of hydrogen-bond donors (Lipinski definition) is 0. The summed E-state index contributed by atoms with van der Waals surface area (Å²) in [6, 6.07) is 13.1. The summed E-state index contributed by atoms with van der Waals surface area (Å²) in [5.74, 6) is 1.20. The number of nitrogens with zero attached hydrogens (tertiary/aromatic N) is 2. The number of aryl methyl sites for hydroxylation is 1. The van der Waals surface area contributed by atoms with Gasteiger partial charge in [-0.15, -0.1) is 11.3 Å². The number of benzene rings is 2. The minimum atomic E-state index is -0.506. The molecule has 0 aliphatic rings. The number of rotatable bonds is 11. The van der Waals surface area contributed by atoms with Gasteiger partial charge in [-0.1, -0.05) is 17.7 Å². The number of esters is 1. The Kier molecular flexibility index (Phi) is 8.86. The molecule has 0 saturated heterocycles. The maximum atomic E-state index is 13.1. The summed E-state index contributed by atoms with van der Waals surface area (Å²) in [5, 5.41) is 2.59. The highest BCUT2D eigenvalue weighted by Crippen LogP contribution is 2.24. The molecule has 0 N–H and O–H groups in total. The van der Waals surface area contributed by atoms with Crippen LogP contribution in [0.25, 0.3) is 0 Å². The zero-order valence-electron chi connectivity index (χ0n) is 19.7. The second kappa shape index (κ2) is 12.0. The van der Waals surface area contributed by atoms with Gasteiger partial charge in [-0.05, 0) is 36.8 Å². The summed E-state index contributed by atoms with van der Waals surface area (Å²) in [7, 11) is 4.40. The van der Waals surface area contributed by atoms with E-state index in [2.05, 4.69) is 4.98 Å². The summed E-state index contributed by atoms with van der Waals surface area (Å²) >= 11 is 1.43. The predicted molar refractivity (Wildman–Crippen MR) is 128 cm³/mol. The summed E-state index contributed by atoms with van der Waals surface area (Å²) < 4.78 is 21.2. The molecular formula is C25H28N2O6S. The highest BCUT2D eigenvalue weighted by molar-refractivity contribution is 7.09. The van der Waals surface area contributed by atoms with Crippen LogP contribution in [0.1, 0.15) is 21.8 Å². The zero-order valence-corrected chi connectivity index (χ0v) is 20.5. The van der Waals surface area contributed by atoms with Gasteiger partial charge in [-0.2, -0.15) is 0 Å². The summed E-state index contributed by atoms with van der Waals surface area (Å²) in [6.45, 7) is 2.34. The van der Waals surface area contributed by atoms with E-state index in [0.717, 1.165) is 21.9 Å². The molecule has 1 amide bonds. The third-order valence-corrected chi connectivity index (χ3v) is 5.87. The van der Waals surface area contributed by atoms with Crippen LogP contribution < -0.4 is 14.2 Å². The highest BCUT2D eigenvalue weighted by Gasteiger charge is 2.20. The molecule has 180 valence electrons. The lowest BCUT2D eigenvalue weighted by Crippen LogP contribution is -2.36. The van der Waals surface area contributed by atoms with E-state index in [1.807, 2.05) is 36.6 Å². The molecule has 0 bridgehead atoms. The van der Waals surface area contributed by atoms with E-state index in [1.54, 1.807) is 32.4 Å². The molecular weight excluding hydrogens is 456 g/mol. The van der Waals surface area contributed by atoms with E-state index in [9.17, 15) is 9.59 Å². The number of thiazole rings is 1. The van der Waals surface area contributed by atoms with Gasteiger partial charge in [0.15, 0.2) is 0 Å². The average Bonchev–Trinajstić information content (AvgIpc) is 3.29. The number of methoxy groups -OCH3 is 3. The van der Waals surface area contributed by atoms with E-state index in [0.29, 0.717) is 23.8 Å². The van der Waals surface area contributed by atoms with E-state index in [1.165, 1.54) is 23.3 Å². The van der Waals surface area contributed by atoms with Crippen molar-refractivity contribution in [1.82, 2.24) is 9.88 Å². The smallest absolute Gasteiger partial charge is 0.325 e. The standard InChI is InChI=1S/C25H28N2O6S/c1-17-5-7-20(8-6-17)33-15-23-26-19(16-34-23)11-24(28)27(14-25(29)32-4)13-18-9-21(30-2)12-22(10-18)31-3/h5-10,12,16H,11,13-15H2,1-4H3. The van der Waals surface area contributed by atoms with Crippen LogP contribution in [0.15, 0.2) is 47.8 Å². The van der Waals surface area contributed by atoms with Crippen molar-refractivity contribution in [3.05, 3.63) is 69.7 Å². The Labute approximate surface area is 203 Å². The van der Waals surface area contributed by atoms with Gasteiger partial charge >= 0.3 is 5.97 Å². The van der Waals surface area contributed by atoms with Gasteiger partial charge in [0.05, 0.1) is 33.4 Å². The monoisotopic (exact) mass is 484 g/mol. The van der Waals surface area contributed by atoms with Crippen molar-refractivity contribution in [2.24, 2.45) is 0 Å². The van der Waals surface area contributed by atoms with Gasteiger partial charge in [0.25, 0.3) is 0 Å². The minimum absolute atomic E-state index is 0.0547. The first-order valence-corrected chi connectivity index (χ1v) is 11.5. The Morgan fingerprint density at radius 1 is 0.971 bits per heavy atom. The van der Waals surface area contributed by atoms with Crippen molar-refractivity contribution in [3.63, 3.8) is 0 Å². The van der Waals surface area contributed by atoms with Crippen LogP contribution in [-0.2, 0) is 33.9 Å². The third-order valence-electron chi connectivity index (χ3n) is 5.00. The second-order valence-corrected chi connectivity index (χ2v) is 8.50. The van der Waals surface area contributed by atoms with Crippen molar-refractivity contribution in [3.8, 4) is 17.2 Å². The van der Waals surface area contributed by atoms with Crippen LogP contribution in [0.3, 0.4) is 0 Å². The number of hydrogen-bond acceptors (Lipinski definition) is 8. The SMILES string of the molecule is COC(=O)CN(Cc1cc(OC)cc(OC)c1)C(=O)Cc1csc(COc2ccc(C)cc2)n1. The highest BCUT2D eigenvalue weighted by atomic mass is 32.1. The number of carbonyl (C=O) groups is 2. The van der Waals surface area contributed by atoms with Crippen LogP contribution in [0.4, 0.5) is 0 Å². The van der Waals surface area contributed by atoms with Crippen LogP contribution in [0.5, 0.6) is 17.2 Å². The van der Waals surface area contributed by atoms with Gasteiger partial charge in [0.1, 0.15) is 35.4 Å². The van der Waals surface area contributed by atoms with Crippen LogP contribution in [0, 0.1) is 6.92 Å². The molecule has 0 aliphatic carbocycles. The first-order chi connectivity index (χ1) is 16.4. The molecule has 3 aromatic rings. The minimum Gasteiger partial charge on any atom is -0.497 e. The average molecular weight is 485 g/mol. The normalized spacial score (nSPS) is 10.5. The maximum Gasteiger partial charge on any atom is 0.325 e. The first-order valence-electron chi connectivity index (χ1n) is 10.6. The molecule has 9 heteroatoms. The second-order valence-electron chi connectivity index (χ2n) is 7.56. The molecule has 3 rings (SSSR count). The Morgan fingerprint density at radius 3 is 2.26 bits per heavy atom. The summed E-state index contributed by atoms with van der Waals surface area (Å²) in [6.07, 6.45) is 0.0547. The molecule has 1 heterocycles. The number of aromatic nitrogens is 1. The largest absolute Gasteiger partial charge is 0.497 e. The van der Waals surface area contributed by atoms with Crippen molar-refractivity contribution >= 4 is 23.2 Å². The van der Waals surface area contributed by atoms with Gasteiger partial charge in [0.2, 0.25) is 5.91 Å². The molecule has 2 aromatic carbocycles. The molecule has 8 nitrogen and oxygen atoms in total. The fourth-order valence-corrected chi connectivity index (χ4v) is 3.88. The van der Waals surface area contributed by atoms with E-state index in [4.69, 9.17) is 18.9 Å². The Morgan fingerprint density at radius 2 is 1.65 bits per heavy atom. The van der Waals surface area contributed by atoms with Crippen LogP contribution >= 0.6 is 11.3 Å². The predicted octanol–water partition coefficient (Wildman–Crippen LogP) is 3.79. The lowest BCUT2D eigenvalue weighted by molar-refractivity contribution is -0.147. The number of carbonyl (C=O) groups excluding carboxylic acids is 2. The van der Waals surface area contributed by atoms with E-state index in [-0.39, 0.29) is 25.4 Å². The van der Waals surface area contributed by atoms with Gasteiger partial charge in [-0.3, -0.25) is 9.59 Å². The summed E-state index contributed by atoms with van der Waals surface area (Å²) in [4.78, 5) is 31.0. The zero-order chi connectivity index (χ0) is 24.5. The molecule has 1 aromatic heterocycles. The van der Waals surface area contributed by atoms with E-state index < -0.39 is 5.97 Å². The number of ether oxygens (including phenoxy) is 4. The van der Waals surface area contributed by atoms with Crippen molar-refractivity contribution in [2.75, 3.05) is 27.9 Å². The summed E-state index contributed by atoms with van der Waals surface area (Å²) in [5.41, 5.74) is 2.54. The van der Waals surface area contributed by atoms with Crippen molar-refractivity contribution in [2.45, 2.75) is 26.5 Å². The quantitative estimate of drug-likeness (QED) is 0.383. The van der Waals surface area contributed by atoms with Crippen LogP contribution in [-0.4, -0.2) is 49.6 Å². The number of amides is 1. The fraction of sp³-hybridized carbons (Fsp3) is 0.320. The lowest BCUT2D eigenvalue weighted by Gasteiger charge is -2.22. The molecule has 0 aliphatic heterocycles. The van der Waals surface area contributed by atoms with E-state index >= 15 is 0 Å². The Bertz CT molecular complexity index is 1090. The lowest BCUT2D eigenvalue weighted by atomic mass is 10.1. The van der Waals surface area contributed by atoms with Crippen LogP contribution in [0.2, 0.25) is 0 Å².